The van der Waals surface area contributed by atoms with Gasteiger partial charge in [-0.3, -0.25) is 0 Å². The Morgan fingerprint density at radius 1 is 1.60 bits per heavy atom. The van der Waals surface area contributed by atoms with Crippen molar-refractivity contribution in [2.45, 2.75) is 0 Å². The zero-order valence-corrected chi connectivity index (χ0v) is 11.3. The topological polar surface area (TPSA) is 0 Å². The Morgan fingerprint density at radius 3 is 1.80 bits per heavy atom. The summed E-state index contributed by atoms with van der Waals surface area (Å²) < 4.78 is 0.460. The van der Waals surface area contributed by atoms with Crippen molar-refractivity contribution in [2.75, 3.05) is 0 Å². The van der Waals surface area contributed by atoms with Gasteiger partial charge in [0, 0.05) is 0 Å². The normalized spacial score (nSPS) is 10.6. The first kappa shape index (κ1) is 8.75. The zero-order valence-electron chi connectivity index (χ0n) is 2.30. The first-order valence-corrected chi connectivity index (χ1v) is 13.2. The van der Waals surface area contributed by atoms with Gasteiger partial charge in [-0.05, 0) is 0 Å². The zero-order chi connectivity index (χ0) is 4.28. The number of thiol groups is 2. The Labute approximate surface area is 89.8 Å². The van der Waals surface area contributed by atoms with Crippen molar-refractivity contribution >= 4 is 19.3 Å². The summed E-state index contributed by atoms with van der Waals surface area (Å²) in [6.45, 7) is 0. The van der Waals surface area contributed by atoms with E-state index in [4.69, 9.17) is 0 Å². The quantitative estimate of drug-likeness (QED) is 0.508. The van der Waals surface area contributed by atoms with Gasteiger partial charge < -0.3 is 0 Å². The molecule has 5 heavy (non-hydrogen) atoms. The van der Waals surface area contributed by atoms with Crippen LogP contribution >= 0.6 is 19.3 Å². The molecule has 0 aliphatic heterocycles. The second kappa shape index (κ2) is 5.88. The van der Waals surface area contributed by atoms with Crippen LogP contribution in [0.3, 0.4) is 0 Å². The Hall–Kier alpha value is 3.75. The van der Waals surface area contributed by atoms with E-state index >= 15 is 0 Å². The van der Waals surface area contributed by atoms with Crippen LogP contribution < -0.4 is 0 Å². The average Bonchev–Trinajstić information content (AvgIpc) is 1.38. The van der Waals surface area contributed by atoms with Crippen LogP contribution in [-0.4, -0.2) is 0 Å². The molecule has 0 aliphatic rings. The van der Waals surface area contributed by atoms with Crippen LogP contribution in [0.1, 0.15) is 0 Å². The van der Waals surface area contributed by atoms with E-state index in [0.29, 0.717) is -2.24 Å². The van der Waals surface area contributed by atoms with E-state index in [1.165, 1.54) is 73.7 Å². The van der Waals surface area contributed by atoms with E-state index in [9.17, 15) is 0 Å². The summed E-state index contributed by atoms with van der Waals surface area (Å²) in [5, 5.41) is 0. The molecule has 0 radical (unpaired) electrons. The minimum atomic E-state index is 0.460. The molecule has 0 N–H and O–H groups in total. The standard InChI is InChI=1S/2Nd.H2S3/c;;1-3-2/h;;1-2H. The van der Waals surface area contributed by atoms with Crippen LogP contribution in [0.2, 0.25) is 0 Å². The van der Waals surface area contributed by atoms with E-state index in [-0.39, 0.29) is 0 Å². The number of hydrogen-bond donors (Lipinski definition) is 2. The molecule has 0 aromatic heterocycles. The Kier molecular flexibility index (Phi) is 10.3. The van der Waals surface area contributed by atoms with Crippen LogP contribution in [0.5, 0.6) is 0 Å². The van der Waals surface area contributed by atoms with Crippen molar-refractivity contribution in [1.82, 2.24) is 0 Å². The van der Waals surface area contributed by atoms with Crippen LogP contribution in [0.15, 0.2) is 0 Å². The molecule has 0 unspecified atom stereocenters. The van der Waals surface area contributed by atoms with Crippen molar-refractivity contribution in [2.24, 2.45) is 0 Å². The van der Waals surface area contributed by atoms with Crippen molar-refractivity contribution in [3.05, 3.63) is 0 Å². The van der Waals surface area contributed by atoms with Crippen molar-refractivity contribution in [1.29, 1.82) is 0 Å². The summed E-state index contributed by atoms with van der Waals surface area (Å²) in [5.41, 5.74) is 0. The van der Waals surface area contributed by atoms with E-state index in [2.05, 4.69) is 11.7 Å². The molecular weight excluding hydrogens is 385 g/mol. The molecular formula is H2Nd2S3. The van der Waals surface area contributed by atoms with Crippen molar-refractivity contribution < 1.29 is 73.7 Å². The first-order chi connectivity index (χ1) is 2.27. The monoisotopic (exact) mass is 382 g/mol. The summed E-state index contributed by atoms with van der Waals surface area (Å²) in [6.07, 6.45) is 0. The molecule has 0 atom stereocenters. The Bertz CT molecular complexity index is 18.9. The van der Waals surface area contributed by atoms with Crippen LogP contribution in [0.25, 0.3) is 0 Å². The van der Waals surface area contributed by atoms with Crippen LogP contribution in [-0.2, 0) is 0 Å². The molecule has 0 bridgehead atoms. The third-order valence-corrected chi connectivity index (χ3v) is 16.3. The van der Waals surface area contributed by atoms with Crippen molar-refractivity contribution in [3.8, 4) is 0 Å². The van der Waals surface area contributed by atoms with Gasteiger partial charge >= 0.3 is 92.9 Å². The van der Waals surface area contributed by atoms with Gasteiger partial charge in [-0.1, -0.05) is 0 Å². The van der Waals surface area contributed by atoms with Crippen LogP contribution in [0, 0.1) is 73.7 Å². The molecule has 0 saturated heterocycles. The predicted octanol–water partition coefficient (Wildman–Crippen LogP) is 1.41. The molecule has 0 rings (SSSR count). The number of rotatable bonds is 1. The molecule has 0 saturated carbocycles. The molecule has 0 heterocycles. The molecule has 0 aromatic rings. The Morgan fingerprint density at radius 2 is 1.80 bits per heavy atom. The molecule has 0 fully saturated rings. The first-order valence-electron chi connectivity index (χ1n) is 0.812. The second-order valence-electron chi connectivity index (χ2n) is 0.376. The summed E-state index contributed by atoms with van der Waals surface area (Å²) in [4.78, 5) is 0. The minimum absolute atomic E-state index is 0.460. The molecule has 0 aromatic carbocycles. The van der Waals surface area contributed by atoms with Gasteiger partial charge in [-0.15, -0.1) is 0 Å². The van der Waals surface area contributed by atoms with E-state index in [1.54, 1.807) is 9.83 Å². The fraction of sp³-hybridized carbons (Fsp3) is 0. The molecule has 0 amide bonds. The maximum absolute atomic E-state index is 4.03. The van der Waals surface area contributed by atoms with E-state index in [1.807, 2.05) is 0 Å². The number of hydrogen-bond acceptors (Lipinski definition) is 2. The fourth-order valence-corrected chi connectivity index (χ4v) is 0. The Balaban J connectivity index is 2.54. The summed E-state index contributed by atoms with van der Waals surface area (Å²) in [6, 6.07) is 0. The van der Waals surface area contributed by atoms with Crippen molar-refractivity contribution in [3.63, 3.8) is 0 Å². The van der Waals surface area contributed by atoms with Gasteiger partial charge in [-0.25, -0.2) is 0 Å². The van der Waals surface area contributed by atoms with Crippen LogP contribution in [0.4, 0.5) is 0 Å². The molecule has 5 heteroatoms. The van der Waals surface area contributed by atoms with Gasteiger partial charge in [-0.2, -0.15) is 0 Å². The summed E-state index contributed by atoms with van der Waals surface area (Å²) in [7, 11) is 1.76. The van der Waals surface area contributed by atoms with Gasteiger partial charge in [0.15, 0.2) is 0 Å². The second-order valence-corrected chi connectivity index (χ2v) is 32.8. The van der Waals surface area contributed by atoms with E-state index < -0.39 is 0 Å². The third-order valence-electron chi connectivity index (χ3n) is 0.0816. The predicted molar refractivity (Wildman–Crippen MR) is 25.6 cm³/mol. The average molecular weight is 387 g/mol. The maximum atomic E-state index is 4.03. The molecule has 28 valence electrons. The summed E-state index contributed by atoms with van der Waals surface area (Å²) >= 11 is 6.80. The molecule has 0 aliphatic carbocycles. The van der Waals surface area contributed by atoms with Gasteiger partial charge in [0.05, 0.1) is 0 Å². The summed E-state index contributed by atoms with van der Waals surface area (Å²) in [5.74, 6) is 0. The third kappa shape index (κ3) is 7.75. The van der Waals surface area contributed by atoms with Gasteiger partial charge in [0.1, 0.15) is 0 Å². The molecule has 0 nitrogen and oxygen atoms in total. The molecule has 0 spiro atoms. The van der Waals surface area contributed by atoms with Gasteiger partial charge in [0.2, 0.25) is 0 Å². The fourth-order valence-electron chi connectivity index (χ4n) is 0. The van der Waals surface area contributed by atoms with E-state index in [0.717, 1.165) is 0 Å². The SMILES string of the molecule is SS[SH]([Nd])[Nd]. The van der Waals surface area contributed by atoms with Gasteiger partial charge in [0.25, 0.3) is 0 Å².